The summed E-state index contributed by atoms with van der Waals surface area (Å²) in [6.45, 7) is 2.77. The van der Waals surface area contributed by atoms with Crippen molar-refractivity contribution in [2.45, 2.75) is 38.8 Å². The molecule has 1 amide bonds. The zero-order valence-corrected chi connectivity index (χ0v) is 12.8. The third-order valence-electron chi connectivity index (χ3n) is 4.20. The van der Waals surface area contributed by atoms with Crippen molar-refractivity contribution in [1.82, 2.24) is 34.7 Å². The molecule has 0 aromatic carbocycles. The average molecular weight is 311 g/mol. The summed E-state index contributed by atoms with van der Waals surface area (Å²) >= 11 is 0. The van der Waals surface area contributed by atoms with Crippen LogP contribution in [0.15, 0.2) is 24.7 Å². The third-order valence-corrected chi connectivity index (χ3v) is 4.20. The fraction of sp³-hybridized carbons (Fsp3) is 0.400. The summed E-state index contributed by atoms with van der Waals surface area (Å²) in [5.41, 5.74) is 1.07. The molecule has 0 unspecified atom stereocenters. The molecule has 1 aliphatic rings. The van der Waals surface area contributed by atoms with Gasteiger partial charge in [-0.1, -0.05) is 6.92 Å². The van der Waals surface area contributed by atoms with E-state index in [1.165, 1.54) is 0 Å². The Labute approximate surface area is 132 Å². The third kappa shape index (κ3) is 2.36. The Morgan fingerprint density at radius 3 is 3.22 bits per heavy atom. The van der Waals surface area contributed by atoms with Crippen LogP contribution >= 0.6 is 0 Å². The molecule has 4 rings (SSSR count). The standard InChI is InChI=1S/C15H17N7O/c1-2-12-19-20-13-5-4-10(9-21(12)13)18-15(23)11-8-17-22-7-3-6-16-14(11)22/h3,6-8,10H,2,4-5,9H2,1H3,(H,18,23)/t10-/m1/s1. The van der Waals surface area contributed by atoms with Crippen LogP contribution in [0, 0.1) is 0 Å². The highest BCUT2D eigenvalue weighted by Crippen LogP contribution is 2.16. The zero-order chi connectivity index (χ0) is 15.8. The molecule has 3 aromatic heterocycles. The van der Waals surface area contributed by atoms with E-state index in [9.17, 15) is 4.79 Å². The van der Waals surface area contributed by atoms with Crippen LogP contribution in [0.4, 0.5) is 0 Å². The van der Waals surface area contributed by atoms with Crippen molar-refractivity contribution < 1.29 is 4.79 Å². The van der Waals surface area contributed by atoms with E-state index in [0.29, 0.717) is 17.8 Å². The molecule has 0 fully saturated rings. The van der Waals surface area contributed by atoms with Crippen LogP contribution in [0.5, 0.6) is 0 Å². The lowest BCUT2D eigenvalue weighted by Crippen LogP contribution is -2.41. The number of nitrogens with zero attached hydrogens (tertiary/aromatic N) is 6. The Kier molecular flexibility index (Phi) is 3.29. The van der Waals surface area contributed by atoms with Crippen molar-refractivity contribution in [2.24, 2.45) is 0 Å². The summed E-state index contributed by atoms with van der Waals surface area (Å²) in [5.74, 6) is 1.83. The fourth-order valence-electron chi connectivity index (χ4n) is 3.01. The van der Waals surface area contributed by atoms with Crippen LogP contribution in [-0.4, -0.2) is 41.3 Å². The largest absolute Gasteiger partial charge is 0.347 e. The first-order valence-electron chi connectivity index (χ1n) is 7.76. The number of aryl methyl sites for hydroxylation is 2. The molecule has 0 spiro atoms. The minimum Gasteiger partial charge on any atom is -0.347 e. The van der Waals surface area contributed by atoms with Crippen LogP contribution in [-0.2, 0) is 19.4 Å². The van der Waals surface area contributed by atoms with Gasteiger partial charge in [0.25, 0.3) is 5.91 Å². The molecular weight excluding hydrogens is 294 g/mol. The maximum atomic E-state index is 12.5. The Hall–Kier alpha value is -2.77. The van der Waals surface area contributed by atoms with Gasteiger partial charge in [0.2, 0.25) is 0 Å². The Balaban J connectivity index is 1.53. The van der Waals surface area contributed by atoms with Crippen molar-refractivity contribution in [3.05, 3.63) is 41.9 Å². The number of fused-ring (bicyclic) bond motifs is 2. The summed E-state index contributed by atoms with van der Waals surface area (Å²) in [4.78, 5) is 16.8. The Morgan fingerprint density at radius 2 is 2.35 bits per heavy atom. The molecule has 0 bridgehead atoms. The minimum atomic E-state index is -0.140. The van der Waals surface area contributed by atoms with Crippen molar-refractivity contribution in [3.8, 4) is 0 Å². The van der Waals surface area contributed by atoms with Crippen LogP contribution in [0.3, 0.4) is 0 Å². The molecule has 8 heteroatoms. The maximum Gasteiger partial charge on any atom is 0.257 e. The van der Waals surface area contributed by atoms with Gasteiger partial charge in [-0.3, -0.25) is 4.79 Å². The van der Waals surface area contributed by atoms with E-state index in [1.54, 1.807) is 29.2 Å². The molecular formula is C15H17N7O. The molecule has 118 valence electrons. The van der Waals surface area contributed by atoms with E-state index in [4.69, 9.17) is 0 Å². The Morgan fingerprint density at radius 1 is 1.43 bits per heavy atom. The molecule has 4 heterocycles. The van der Waals surface area contributed by atoms with Gasteiger partial charge in [0, 0.05) is 37.8 Å². The number of carbonyl (C=O) groups is 1. The van der Waals surface area contributed by atoms with Gasteiger partial charge < -0.3 is 9.88 Å². The van der Waals surface area contributed by atoms with Crippen molar-refractivity contribution in [1.29, 1.82) is 0 Å². The lowest BCUT2D eigenvalue weighted by atomic mass is 10.1. The van der Waals surface area contributed by atoms with E-state index in [1.807, 2.05) is 0 Å². The number of hydrogen-bond acceptors (Lipinski definition) is 5. The van der Waals surface area contributed by atoms with Crippen LogP contribution in [0.1, 0.15) is 35.4 Å². The average Bonchev–Trinajstić information content (AvgIpc) is 3.18. The smallest absolute Gasteiger partial charge is 0.257 e. The molecule has 1 aliphatic heterocycles. The van der Waals surface area contributed by atoms with E-state index in [2.05, 4.69) is 37.1 Å². The minimum absolute atomic E-state index is 0.0648. The number of aromatic nitrogens is 6. The number of nitrogens with one attached hydrogen (secondary N) is 1. The second-order valence-electron chi connectivity index (χ2n) is 5.65. The van der Waals surface area contributed by atoms with Gasteiger partial charge in [-0.25, -0.2) is 9.50 Å². The summed E-state index contributed by atoms with van der Waals surface area (Å²) < 4.78 is 3.71. The topological polar surface area (TPSA) is 90.0 Å². The van der Waals surface area contributed by atoms with Crippen molar-refractivity contribution in [2.75, 3.05) is 0 Å². The monoisotopic (exact) mass is 311 g/mol. The normalized spacial score (nSPS) is 17.2. The summed E-state index contributed by atoms with van der Waals surface area (Å²) in [5, 5.41) is 15.6. The summed E-state index contributed by atoms with van der Waals surface area (Å²) in [6.07, 6.45) is 7.51. The van der Waals surface area contributed by atoms with Gasteiger partial charge in [-0.05, 0) is 12.5 Å². The number of carbonyl (C=O) groups excluding carboxylic acids is 1. The lowest BCUT2D eigenvalue weighted by molar-refractivity contribution is 0.0928. The second-order valence-corrected chi connectivity index (χ2v) is 5.65. The maximum absolute atomic E-state index is 12.5. The quantitative estimate of drug-likeness (QED) is 0.766. The van der Waals surface area contributed by atoms with Gasteiger partial charge in [0.15, 0.2) is 5.65 Å². The predicted molar refractivity (Wildman–Crippen MR) is 82.0 cm³/mol. The highest BCUT2D eigenvalue weighted by molar-refractivity contribution is 5.99. The fourth-order valence-corrected chi connectivity index (χ4v) is 3.01. The van der Waals surface area contributed by atoms with Gasteiger partial charge in [-0.15, -0.1) is 10.2 Å². The second kappa shape index (κ2) is 5.45. The highest BCUT2D eigenvalue weighted by atomic mass is 16.1. The first-order chi connectivity index (χ1) is 11.3. The molecule has 0 saturated carbocycles. The van der Waals surface area contributed by atoms with Gasteiger partial charge in [0.05, 0.1) is 6.20 Å². The van der Waals surface area contributed by atoms with Gasteiger partial charge >= 0.3 is 0 Å². The van der Waals surface area contributed by atoms with Gasteiger partial charge in [0.1, 0.15) is 17.2 Å². The Bertz CT molecular complexity index is 852. The summed E-state index contributed by atoms with van der Waals surface area (Å²) in [7, 11) is 0. The molecule has 0 radical (unpaired) electrons. The molecule has 23 heavy (non-hydrogen) atoms. The van der Waals surface area contributed by atoms with Crippen molar-refractivity contribution in [3.63, 3.8) is 0 Å². The molecule has 1 atom stereocenters. The highest BCUT2D eigenvalue weighted by Gasteiger charge is 2.25. The first kappa shape index (κ1) is 13.9. The summed E-state index contributed by atoms with van der Waals surface area (Å²) in [6, 6.07) is 1.85. The number of rotatable bonds is 3. The zero-order valence-electron chi connectivity index (χ0n) is 12.8. The predicted octanol–water partition coefficient (Wildman–Crippen LogP) is 0.628. The number of hydrogen-bond donors (Lipinski definition) is 1. The first-order valence-corrected chi connectivity index (χ1v) is 7.76. The van der Waals surface area contributed by atoms with Crippen LogP contribution in [0.25, 0.3) is 5.65 Å². The molecule has 8 nitrogen and oxygen atoms in total. The SMILES string of the molecule is CCc1nnc2n1C[C@H](NC(=O)c1cnn3cccnc13)CC2. The van der Waals surface area contributed by atoms with E-state index in [-0.39, 0.29) is 11.9 Å². The molecule has 1 N–H and O–H groups in total. The van der Waals surface area contributed by atoms with E-state index in [0.717, 1.165) is 30.9 Å². The molecule has 0 aliphatic carbocycles. The van der Waals surface area contributed by atoms with Crippen LogP contribution < -0.4 is 5.32 Å². The molecule has 0 saturated heterocycles. The van der Waals surface area contributed by atoms with Gasteiger partial charge in [-0.2, -0.15) is 5.10 Å². The number of amides is 1. The van der Waals surface area contributed by atoms with Crippen LogP contribution in [0.2, 0.25) is 0 Å². The van der Waals surface area contributed by atoms with E-state index >= 15 is 0 Å². The lowest BCUT2D eigenvalue weighted by Gasteiger charge is -2.25. The van der Waals surface area contributed by atoms with E-state index < -0.39 is 0 Å². The molecule has 3 aromatic rings. The van der Waals surface area contributed by atoms with Crippen molar-refractivity contribution >= 4 is 11.6 Å².